The molecular formula is C41H44N6O10S. The maximum Gasteiger partial charge on any atom is 0.408 e. The third-order valence-electron chi connectivity index (χ3n) is 10.3. The fourth-order valence-electron chi connectivity index (χ4n) is 6.93. The van der Waals surface area contributed by atoms with Crippen molar-refractivity contribution in [2.75, 3.05) is 33.9 Å². The lowest BCUT2D eigenvalue weighted by Gasteiger charge is -2.31. The highest BCUT2D eigenvalue weighted by Gasteiger charge is 2.62. The van der Waals surface area contributed by atoms with Gasteiger partial charge in [-0.3, -0.25) is 23.9 Å². The number of carbonyl (C=O) groups is 5. The number of alkyl carbamates (subject to hydrolysis) is 1. The van der Waals surface area contributed by atoms with Crippen LogP contribution < -0.4 is 24.8 Å². The lowest BCUT2D eigenvalue weighted by Crippen LogP contribution is -2.59. The zero-order chi connectivity index (χ0) is 41.8. The molecule has 17 heteroatoms. The molecule has 0 spiro atoms. The van der Waals surface area contributed by atoms with E-state index in [2.05, 4.69) is 34.4 Å². The van der Waals surface area contributed by atoms with E-state index in [1.165, 1.54) is 25.1 Å². The highest BCUT2D eigenvalue weighted by atomic mass is 32.2. The number of hydrogen-bond donors (Lipinski definition) is 3. The lowest BCUT2D eigenvalue weighted by atomic mass is 10.1. The van der Waals surface area contributed by atoms with E-state index in [-0.39, 0.29) is 25.9 Å². The largest absolute Gasteiger partial charge is 0.497 e. The normalized spacial score (nSPS) is 21.4. The molecule has 5 amide bonds. The van der Waals surface area contributed by atoms with Gasteiger partial charge in [-0.15, -0.1) is 13.0 Å². The maximum atomic E-state index is 14.6. The third kappa shape index (κ3) is 8.92. The molecule has 58 heavy (non-hydrogen) atoms. The molecule has 16 nitrogen and oxygen atoms in total. The first-order valence-corrected chi connectivity index (χ1v) is 20.0. The Morgan fingerprint density at radius 2 is 1.86 bits per heavy atom. The summed E-state index contributed by atoms with van der Waals surface area (Å²) < 4.78 is 44.7. The number of pyridine rings is 1. The van der Waals surface area contributed by atoms with Crippen LogP contribution >= 0.6 is 0 Å². The second kappa shape index (κ2) is 17.0. The Bertz CT molecular complexity index is 2290. The number of likely N-dealkylation sites (tertiary alicyclic amines) is 1. The van der Waals surface area contributed by atoms with Gasteiger partial charge in [-0.1, -0.05) is 48.9 Å². The van der Waals surface area contributed by atoms with Crippen molar-refractivity contribution in [3.8, 4) is 35.1 Å². The summed E-state index contributed by atoms with van der Waals surface area (Å²) in [6, 6.07) is 13.7. The molecule has 2 heterocycles. The number of nitrogens with one attached hydrogen (secondary N) is 3. The summed E-state index contributed by atoms with van der Waals surface area (Å²) >= 11 is 0. The minimum Gasteiger partial charge on any atom is -0.497 e. The molecule has 3 aromatic rings. The van der Waals surface area contributed by atoms with Gasteiger partial charge in [0, 0.05) is 42.5 Å². The van der Waals surface area contributed by atoms with Crippen molar-refractivity contribution < 1.29 is 46.6 Å². The van der Waals surface area contributed by atoms with Crippen molar-refractivity contribution in [3.05, 3.63) is 79.9 Å². The smallest absolute Gasteiger partial charge is 0.408 e. The van der Waals surface area contributed by atoms with Crippen LogP contribution in [0.4, 0.5) is 4.79 Å². The number of benzene rings is 2. The third-order valence-corrected chi connectivity index (χ3v) is 12.1. The summed E-state index contributed by atoms with van der Waals surface area (Å²) in [4.78, 5) is 75.0. The number of rotatable bonds is 16. The van der Waals surface area contributed by atoms with E-state index in [1.807, 2.05) is 30.3 Å². The molecule has 1 saturated heterocycles. The Hall–Kier alpha value is -6.41. The van der Waals surface area contributed by atoms with Crippen molar-refractivity contribution in [2.45, 2.75) is 54.7 Å². The van der Waals surface area contributed by atoms with Crippen molar-refractivity contribution in [2.24, 2.45) is 5.92 Å². The lowest BCUT2D eigenvalue weighted by molar-refractivity contribution is -0.141. The number of hydrogen-bond acceptors (Lipinski definition) is 11. The SMILES string of the molecule is C#CCOC(=O)NC(CN(C)C(=O)C=C)C(=O)N1C[C@H](Oc2cc(-c3ccccc3)nc3cc(OC)ccc23)C[C@H]1C(=O)N[C@]1(C(=O)NS(=O)(=O)C2CC2)C[C@H]1C=C. The Morgan fingerprint density at radius 3 is 2.50 bits per heavy atom. The summed E-state index contributed by atoms with van der Waals surface area (Å²) in [5, 5.41) is 5.11. The topological polar surface area (TPSA) is 203 Å². The number of ether oxygens (including phenoxy) is 3. The van der Waals surface area contributed by atoms with Gasteiger partial charge in [-0.25, -0.2) is 18.2 Å². The monoisotopic (exact) mass is 812 g/mol. The first-order chi connectivity index (χ1) is 27.7. The molecule has 3 aliphatic rings. The van der Waals surface area contributed by atoms with Crippen LogP contribution in [0.3, 0.4) is 0 Å². The van der Waals surface area contributed by atoms with Gasteiger partial charge in [0.25, 0.3) is 5.91 Å². The van der Waals surface area contributed by atoms with Crippen LogP contribution in [-0.4, -0.2) is 116 Å². The quantitative estimate of drug-likeness (QED) is 0.109. The van der Waals surface area contributed by atoms with Crippen LogP contribution in [0.15, 0.2) is 79.9 Å². The van der Waals surface area contributed by atoms with E-state index >= 15 is 0 Å². The molecule has 0 radical (unpaired) electrons. The van der Waals surface area contributed by atoms with Gasteiger partial charge < -0.3 is 34.6 Å². The average molecular weight is 813 g/mol. The Kier molecular flexibility index (Phi) is 12.1. The van der Waals surface area contributed by atoms with Crippen molar-refractivity contribution in [1.82, 2.24) is 30.1 Å². The van der Waals surface area contributed by atoms with Crippen molar-refractivity contribution in [3.63, 3.8) is 0 Å². The number of carbonyl (C=O) groups excluding carboxylic acids is 5. The summed E-state index contributed by atoms with van der Waals surface area (Å²) in [6.45, 7) is 6.29. The second-order valence-electron chi connectivity index (χ2n) is 14.3. The highest BCUT2D eigenvalue weighted by Crippen LogP contribution is 2.45. The molecule has 3 fully saturated rings. The van der Waals surface area contributed by atoms with E-state index in [1.54, 1.807) is 24.3 Å². The van der Waals surface area contributed by atoms with Gasteiger partial charge in [0.05, 0.1) is 36.7 Å². The number of amides is 5. The molecule has 3 N–H and O–H groups in total. The molecule has 2 saturated carbocycles. The van der Waals surface area contributed by atoms with Crippen LogP contribution in [0.1, 0.15) is 25.7 Å². The fourth-order valence-corrected chi connectivity index (χ4v) is 8.29. The number of aromatic nitrogens is 1. The maximum absolute atomic E-state index is 14.6. The predicted octanol–water partition coefficient (Wildman–Crippen LogP) is 2.30. The van der Waals surface area contributed by atoms with Gasteiger partial charge in [0.15, 0.2) is 6.61 Å². The molecule has 1 unspecified atom stereocenters. The van der Waals surface area contributed by atoms with Gasteiger partial charge >= 0.3 is 6.09 Å². The Balaban J connectivity index is 1.35. The Labute approximate surface area is 336 Å². The number of terminal acetylenes is 1. The minimum atomic E-state index is -3.97. The number of fused-ring (bicyclic) bond motifs is 1. The minimum absolute atomic E-state index is 0.0727. The zero-order valence-corrected chi connectivity index (χ0v) is 32.8. The average Bonchev–Trinajstić information content (AvgIpc) is 4.15. The molecule has 5 atom stereocenters. The molecule has 2 aliphatic carbocycles. The van der Waals surface area contributed by atoms with Gasteiger partial charge in [-0.2, -0.15) is 0 Å². The zero-order valence-electron chi connectivity index (χ0n) is 32.0. The van der Waals surface area contributed by atoms with E-state index in [9.17, 15) is 32.4 Å². The summed E-state index contributed by atoms with van der Waals surface area (Å²) in [7, 11) is -1.03. The summed E-state index contributed by atoms with van der Waals surface area (Å²) in [6.07, 6.45) is 6.66. The van der Waals surface area contributed by atoms with Crippen LogP contribution in [0.5, 0.6) is 11.5 Å². The van der Waals surface area contributed by atoms with E-state index in [0.717, 1.165) is 16.5 Å². The summed E-state index contributed by atoms with van der Waals surface area (Å²) in [5.41, 5.74) is 0.292. The van der Waals surface area contributed by atoms with Crippen LogP contribution in [0.2, 0.25) is 0 Å². The van der Waals surface area contributed by atoms with Gasteiger partial charge in [-0.05, 0) is 37.5 Å². The standard InChI is InChI=1S/C41H44N6O10S/c1-6-18-56-40(52)43-33(24-46(4)36(48)8-3)38(50)47-23-28(20-34(47)37(49)44-41(22-26(41)7-2)39(51)45-58(53,54)29-15-16-29)57-35-21-31(25-12-10-9-11-13-25)42-32-19-27(55-5)14-17-30(32)35/h1,7-14,17,19,21,26,28-29,33-34H,2-3,15-16,18,20,22-24H2,4-5H3,(H,43,52)(H,44,49)(H,45,51)/t26-,28-,33?,34+,41-/m1/s1. The first kappa shape index (κ1) is 41.2. The first-order valence-electron chi connectivity index (χ1n) is 18.5. The second-order valence-corrected chi connectivity index (χ2v) is 16.3. The van der Waals surface area contributed by atoms with Gasteiger partial charge in [0.1, 0.15) is 35.2 Å². The van der Waals surface area contributed by atoms with Gasteiger partial charge in [0.2, 0.25) is 27.7 Å². The number of likely N-dealkylation sites (N-methyl/N-ethyl adjacent to an activating group) is 1. The van der Waals surface area contributed by atoms with Crippen LogP contribution in [-0.2, 0) is 33.9 Å². The van der Waals surface area contributed by atoms with E-state index in [0.29, 0.717) is 40.9 Å². The molecule has 1 aliphatic heterocycles. The van der Waals surface area contributed by atoms with Crippen LogP contribution in [0.25, 0.3) is 22.2 Å². The number of sulfonamides is 1. The molecule has 0 bridgehead atoms. The van der Waals surface area contributed by atoms with E-state index < -0.39 is 81.2 Å². The van der Waals surface area contributed by atoms with Crippen LogP contribution in [0, 0.1) is 18.3 Å². The molecule has 304 valence electrons. The molecule has 6 rings (SSSR count). The predicted molar refractivity (Wildman–Crippen MR) is 212 cm³/mol. The number of nitrogens with zero attached hydrogens (tertiary/aromatic N) is 3. The molecular weight excluding hydrogens is 769 g/mol. The van der Waals surface area contributed by atoms with Crippen molar-refractivity contribution >= 4 is 50.6 Å². The van der Waals surface area contributed by atoms with Crippen molar-refractivity contribution in [1.29, 1.82) is 0 Å². The number of methoxy groups -OCH3 is 1. The Morgan fingerprint density at radius 1 is 1.12 bits per heavy atom. The molecule has 1 aromatic heterocycles. The summed E-state index contributed by atoms with van der Waals surface area (Å²) in [5.74, 6) is -0.505. The fraction of sp³-hybridized carbons (Fsp3) is 0.366. The highest BCUT2D eigenvalue weighted by molar-refractivity contribution is 7.91. The van der Waals surface area contributed by atoms with E-state index in [4.69, 9.17) is 25.6 Å². The molecule has 2 aromatic carbocycles.